The topological polar surface area (TPSA) is 70.9 Å². The summed E-state index contributed by atoms with van der Waals surface area (Å²) in [4.78, 5) is 12.8. The molecule has 0 saturated heterocycles. The van der Waals surface area contributed by atoms with Gasteiger partial charge in [0, 0.05) is 23.3 Å². The number of hydrogen-bond acceptors (Lipinski definition) is 4. The number of fused-ring (bicyclic) bond motifs is 1. The van der Waals surface area contributed by atoms with Gasteiger partial charge in [-0.1, -0.05) is 13.8 Å². The molecule has 2 aromatic rings. The van der Waals surface area contributed by atoms with Crippen LogP contribution in [0.25, 0.3) is 0 Å². The van der Waals surface area contributed by atoms with Crippen molar-refractivity contribution in [3.05, 3.63) is 46.7 Å². The highest BCUT2D eigenvalue weighted by atomic mass is 16.3. The molecule has 5 nitrogen and oxygen atoms in total. The number of ketones is 1. The Morgan fingerprint density at radius 1 is 1.36 bits per heavy atom. The predicted octanol–water partition coefficient (Wildman–Crippen LogP) is 3.51. The summed E-state index contributed by atoms with van der Waals surface area (Å²) in [6.07, 6.45) is 3.07. The molecule has 0 spiro atoms. The number of allylic oxidation sites excluding steroid dienone is 2. The summed E-state index contributed by atoms with van der Waals surface area (Å²) in [7, 11) is 0. The maximum atomic E-state index is 12.8. The van der Waals surface area contributed by atoms with E-state index in [0.29, 0.717) is 6.42 Å². The van der Waals surface area contributed by atoms with Crippen LogP contribution in [0, 0.1) is 12.3 Å². The van der Waals surface area contributed by atoms with E-state index >= 15 is 0 Å². The van der Waals surface area contributed by atoms with Crippen molar-refractivity contribution in [1.82, 2.24) is 10.2 Å². The molecule has 2 aliphatic rings. The first-order valence-corrected chi connectivity index (χ1v) is 7.58. The quantitative estimate of drug-likeness (QED) is 0.845. The van der Waals surface area contributed by atoms with Crippen molar-refractivity contribution in [2.24, 2.45) is 5.41 Å². The van der Waals surface area contributed by atoms with Crippen LogP contribution in [0.3, 0.4) is 0 Å². The number of nitrogens with one attached hydrogen (secondary N) is 2. The molecule has 2 N–H and O–H groups in total. The van der Waals surface area contributed by atoms with Crippen molar-refractivity contribution in [3.63, 3.8) is 0 Å². The van der Waals surface area contributed by atoms with Crippen molar-refractivity contribution in [1.29, 1.82) is 0 Å². The van der Waals surface area contributed by atoms with E-state index in [-0.39, 0.29) is 17.1 Å². The van der Waals surface area contributed by atoms with Crippen molar-refractivity contribution in [3.8, 4) is 0 Å². The van der Waals surface area contributed by atoms with Gasteiger partial charge in [0.05, 0.1) is 17.9 Å². The van der Waals surface area contributed by atoms with Crippen LogP contribution in [0.1, 0.15) is 49.6 Å². The maximum Gasteiger partial charge on any atom is 0.162 e. The largest absolute Gasteiger partial charge is 0.468 e. The van der Waals surface area contributed by atoms with Crippen LogP contribution in [-0.2, 0) is 4.79 Å². The normalized spacial score (nSPS) is 23.0. The minimum atomic E-state index is -0.163. The predicted molar refractivity (Wildman–Crippen MR) is 82.5 cm³/mol. The Kier molecular flexibility index (Phi) is 2.64. The molecule has 0 aromatic carbocycles. The molecule has 1 aliphatic heterocycles. The molecule has 2 aromatic heterocycles. The number of carbonyl (C=O) groups excluding carboxylic acids is 1. The Labute approximate surface area is 128 Å². The molecule has 0 saturated carbocycles. The van der Waals surface area contributed by atoms with E-state index in [1.54, 1.807) is 6.26 Å². The SMILES string of the molecule is Cc1n[nH]c2c1C(c1ccco1)C1=C(CC(C)(C)CC1=O)N2. The van der Waals surface area contributed by atoms with Crippen LogP contribution in [0.15, 0.2) is 34.1 Å². The summed E-state index contributed by atoms with van der Waals surface area (Å²) in [5, 5.41) is 10.8. The van der Waals surface area contributed by atoms with Gasteiger partial charge in [-0.25, -0.2) is 0 Å². The Morgan fingerprint density at radius 3 is 2.91 bits per heavy atom. The number of aryl methyl sites for hydroxylation is 1. The van der Waals surface area contributed by atoms with Crippen LogP contribution in [0.5, 0.6) is 0 Å². The van der Waals surface area contributed by atoms with E-state index in [4.69, 9.17) is 4.42 Å². The number of nitrogens with zero attached hydrogens (tertiary/aromatic N) is 1. The van der Waals surface area contributed by atoms with Crippen LogP contribution in [0.4, 0.5) is 5.82 Å². The third-order valence-corrected chi connectivity index (χ3v) is 4.60. The molecule has 1 atom stereocenters. The second kappa shape index (κ2) is 4.35. The minimum Gasteiger partial charge on any atom is -0.468 e. The second-order valence-electron chi connectivity index (χ2n) is 7.00. The highest BCUT2D eigenvalue weighted by Crippen LogP contribution is 2.49. The molecule has 22 heavy (non-hydrogen) atoms. The van der Waals surface area contributed by atoms with Gasteiger partial charge >= 0.3 is 0 Å². The lowest BCUT2D eigenvalue weighted by Crippen LogP contribution is -2.33. The first kappa shape index (κ1) is 13.4. The summed E-state index contributed by atoms with van der Waals surface area (Å²) in [5.74, 6) is 1.71. The van der Waals surface area contributed by atoms with E-state index in [1.165, 1.54) is 0 Å². The van der Waals surface area contributed by atoms with E-state index in [1.807, 2.05) is 19.1 Å². The number of Topliss-reactive ketones (excluding diaryl/α,β-unsaturated/α-hetero) is 1. The van der Waals surface area contributed by atoms with E-state index in [0.717, 1.165) is 40.5 Å². The first-order valence-electron chi connectivity index (χ1n) is 7.58. The van der Waals surface area contributed by atoms with Crippen LogP contribution in [0.2, 0.25) is 0 Å². The smallest absolute Gasteiger partial charge is 0.162 e. The average molecular weight is 297 g/mol. The molecule has 0 fully saturated rings. The molecule has 0 bridgehead atoms. The Hall–Kier alpha value is -2.30. The standard InChI is InChI=1S/C17H19N3O2/c1-9-13-15(12-5-4-6-22-12)14-10(18-16(13)20-19-9)7-17(2,3)8-11(14)21/h4-6,15H,7-8H2,1-3H3,(H2,18,19,20). The Balaban J connectivity index is 1.94. The highest BCUT2D eigenvalue weighted by Gasteiger charge is 2.42. The van der Waals surface area contributed by atoms with Gasteiger partial charge in [0.15, 0.2) is 5.78 Å². The summed E-state index contributed by atoms with van der Waals surface area (Å²) < 4.78 is 5.65. The van der Waals surface area contributed by atoms with Crippen LogP contribution < -0.4 is 5.32 Å². The number of aromatic nitrogens is 2. The monoisotopic (exact) mass is 297 g/mol. The van der Waals surface area contributed by atoms with E-state index in [2.05, 4.69) is 29.4 Å². The molecule has 0 radical (unpaired) electrons. The molecule has 4 rings (SSSR count). The number of anilines is 1. The van der Waals surface area contributed by atoms with Gasteiger partial charge in [0.25, 0.3) is 0 Å². The van der Waals surface area contributed by atoms with Crippen molar-refractivity contribution in [2.75, 3.05) is 5.32 Å². The minimum absolute atomic E-state index is 0.0246. The van der Waals surface area contributed by atoms with Crippen LogP contribution >= 0.6 is 0 Å². The summed E-state index contributed by atoms with van der Waals surface area (Å²) >= 11 is 0. The Morgan fingerprint density at radius 2 is 2.18 bits per heavy atom. The van der Waals surface area contributed by atoms with Crippen molar-refractivity contribution in [2.45, 2.75) is 39.5 Å². The van der Waals surface area contributed by atoms with Gasteiger partial charge < -0.3 is 9.73 Å². The maximum absolute atomic E-state index is 12.8. The molecule has 5 heteroatoms. The van der Waals surface area contributed by atoms with E-state index in [9.17, 15) is 4.79 Å². The number of rotatable bonds is 1. The van der Waals surface area contributed by atoms with Gasteiger partial charge in [-0.05, 0) is 30.9 Å². The third kappa shape index (κ3) is 1.85. The number of carbonyl (C=O) groups is 1. The fourth-order valence-corrected chi connectivity index (χ4v) is 3.71. The lowest BCUT2D eigenvalue weighted by Gasteiger charge is -2.37. The highest BCUT2D eigenvalue weighted by molar-refractivity contribution is 6.01. The van der Waals surface area contributed by atoms with Gasteiger partial charge in [-0.3, -0.25) is 9.89 Å². The first-order chi connectivity index (χ1) is 10.5. The summed E-state index contributed by atoms with van der Waals surface area (Å²) in [6, 6.07) is 3.80. The van der Waals surface area contributed by atoms with Crippen LogP contribution in [-0.4, -0.2) is 16.0 Å². The Bertz CT molecular complexity index is 781. The fourth-order valence-electron chi connectivity index (χ4n) is 3.71. The lowest BCUT2D eigenvalue weighted by molar-refractivity contribution is -0.118. The fraction of sp³-hybridized carbons (Fsp3) is 0.412. The van der Waals surface area contributed by atoms with Gasteiger partial charge in [0.2, 0.25) is 0 Å². The molecule has 0 amide bonds. The lowest BCUT2D eigenvalue weighted by atomic mass is 9.70. The zero-order chi connectivity index (χ0) is 15.5. The number of aromatic amines is 1. The second-order valence-corrected chi connectivity index (χ2v) is 7.00. The molecular weight excluding hydrogens is 278 g/mol. The van der Waals surface area contributed by atoms with Crippen molar-refractivity contribution >= 4 is 11.6 Å². The number of hydrogen-bond donors (Lipinski definition) is 2. The number of furan rings is 1. The van der Waals surface area contributed by atoms with Gasteiger partial charge in [0.1, 0.15) is 11.6 Å². The zero-order valence-electron chi connectivity index (χ0n) is 13.0. The molecule has 114 valence electrons. The molecule has 1 aliphatic carbocycles. The molecule has 3 heterocycles. The summed E-state index contributed by atoms with van der Waals surface area (Å²) in [5.41, 5.74) is 3.73. The third-order valence-electron chi connectivity index (χ3n) is 4.60. The summed E-state index contributed by atoms with van der Waals surface area (Å²) in [6.45, 7) is 6.22. The number of H-pyrrole nitrogens is 1. The van der Waals surface area contributed by atoms with Gasteiger partial charge in [-0.2, -0.15) is 5.10 Å². The molecule has 1 unspecified atom stereocenters. The van der Waals surface area contributed by atoms with Crippen molar-refractivity contribution < 1.29 is 9.21 Å². The van der Waals surface area contributed by atoms with E-state index < -0.39 is 0 Å². The average Bonchev–Trinajstić information content (AvgIpc) is 3.05. The zero-order valence-corrected chi connectivity index (χ0v) is 13.0. The van der Waals surface area contributed by atoms with Gasteiger partial charge in [-0.15, -0.1) is 0 Å². The molecular formula is C17H19N3O2.